The first-order valence-electron chi connectivity index (χ1n) is 6.35. The number of aliphatic hydroxyl groups excluding tert-OH is 2. The molecule has 1 aliphatic rings. The van der Waals surface area contributed by atoms with Crippen molar-refractivity contribution in [3.63, 3.8) is 0 Å². The molecule has 2 unspecified atom stereocenters. The Morgan fingerprint density at radius 3 is 2.50 bits per heavy atom. The van der Waals surface area contributed by atoms with E-state index in [1.165, 1.54) is 0 Å². The largest absolute Gasteiger partial charge is 0.389 e. The molecule has 0 radical (unpaired) electrons. The molecule has 18 heavy (non-hydrogen) atoms. The Hall–Kier alpha value is -1.17. The third-order valence-corrected chi connectivity index (χ3v) is 3.11. The number of hydrogen-bond acceptors (Lipinski definition) is 5. The Labute approximate surface area is 107 Å². The molecular weight excluding hydrogens is 230 g/mol. The topological polar surface area (TPSA) is 68.6 Å². The summed E-state index contributed by atoms with van der Waals surface area (Å²) in [5, 5.41) is 22.3. The highest BCUT2D eigenvalue weighted by molar-refractivity contribution is 5.41. The van der Waals surface area contributed by atoms with Crippen LogP contribution >= 0.6 is 0 Å². The summed E-state index contributed by atoms with van der Waals surface area (Å²) in [5.74, 6) is 0.805. The standard InChI is InChI=1S/C13H21N3O2/c1-9(2)14-5-10-3-4-13(15-6-10)16-7-11(17)12(18)8-16/h3-4,6,9,11-12,14,17-18H,5,7-8H2,1-2H3. The SMILES string of the molecule is CC(C)NCc1ccc(N2CC(O)C(O)C2)nc1. The third kappa shape index (κ3) is 3.19. The van der Waals surface area contributed by atoms with E-state index in [1.54, 1.807) is 0 Å². The molecule has 5 nitrogen and oxygen atoms in total. The zero-order valence-corrected chi connectivity index (χ0v) is 10.9. The van der Waals surface area contributed by atoms with Crippen molar-refractivity contribution in [1.82, 2.24) is 10.3 Å². The molecule has 0 bridgehead atoms. The molecule has 1 aromatic rings. The van der Waals surface area contributed by atoms with Crippen LogP contribution in [-0.2, 0) is 6.54 Å². The van der Waals surface area contributed by atoms with Crippen molar-refractivity contribution < 1.29 is 10.2 Å². The number of rotatable bonds is 4. The van der Waals surface area contributed by atoms with Crippen molar-refractivity contribution >= 4 is 5.82 Å². The fourth-order valence-corrected chi connectivity index (χ4v) is 1.99. The van der Waals surface area contributed by atoms with Crippen LogP contribution in [0.25, 0.3) is 0 Å². The van der Waals surface area contributed by atoms with Gasteiger partial charge in [0.2, 0.25) is 0 Å². The number of β-amino-alcohol motifs (C(OH)–C–C–N with tert-alkyl or cyclic N) is 2. The second-order valence-corrected chi connectivity index (χ2v) is 5.10. The van der Waals surface area contributed by atoms with Gasteiger partial charge in [0.05, 0.1) is 12.2 Å². The van der Waals surface area contributed by atoms with Crippen LogP contribution in [0, 0.1) is 0 Å². The zero-order chi connectivity index (χ0) is 13.1. The molecule has 1 aliphatic heterocycles. The van der Waals surface area contributed by atoms with E-state index < -0.39 is 12.2 Å². The van der Waals surface area contributed by atoms with Crippen molar-refractivity contribution in [2.24, 2.45) is 0 Å². The number of hydrogen-bond donors (Lipinski definition) is 3. The highest BCUT2D eigenvalue weighted by atomic mass is 16.3. The molecule has 0 aliphatic carbocycles. The van der Waals surface area contributed by atoms with Crippen molar-refractivity contribution in [3.05, 3.63) is 23.9 Å². The van der Waals surface area contributed by atoms with Crippen LogP contribution < -0.4 is 10.2 Å². The highest BCUT2D eigenvalue weighted by Crippen LogP contribution is 2.18. The van der Waals surface area contributed by atoms with Crippen LogP contribution in [0.3, 0.4) is 0 Å². The van der Waals surface area contributed by atoms with Crippen molar-refractivity contribution in [1.29, 1.82) is 0 Å². The van der Waals surface area contributed by atoms with Crippen molar-refractivity contribution in [2.45, 2.75) is 38.6 Å². The molecule has 100 valence electrons. The highest BCUT2D eigenvalue weighted by Gasteiger charge is 2.30. The second-order valence-electron chi connectivity index (χ2n) is 5.10. The maximum atomic E-state index is 9.50. The molecule has 2 rings (SSSR count). The van der Waals surface area contributed by atoms with Gasteiger partial charge >= 0.3 is 0 Å². The Balaban J connectivity index is 1.95. The van der Waals surface area contributed by atoms with Gasteiger partial charge in [-0.25, -0.2) is 4.98 Å². The molecule has 1 aromatic heterocycles. The average molecular weight is 251 g/mol. The lowest BCUT2D eigenvalue weighted by Gasteiger charge is -2.16. The maximum Gasteiger partial charge on any atom is 0.128 e. The average Bonchev–Trinajstić information content (AvgIpc) is 2.68. The smallest absolute Gasteiger partial charge is 0.128 e. The van der Waals surface area contributed by atoms with Gasteiger partial charge in [-0.15, -0.1) is 0 Å². The van der Waals surface area contributed by atoms with Gasteiger partial charge in [-0.1, -0.05) is 19.9 Å². The number of pyridine rings is 1. The minimum absolute atomic E-state index is 0.442. The van der Waals surface area contributed by atoms with E-state index in [1.807, 2.05) is 23.2 Å². The lowest BCUT2D eigenvalue weighted by molar-refractivity contribution is 0.0572. The lowest BCUT2D eigenvalue weighted by Crippen LogP contribution is -2.23. The summed E-state index contributed by atoms with van der Waals surface area (Å²) < 4.78 is 0. The monoisotopic (exact) mass is 251 g/mol. The third-order valence-electron chi connectivity index (χ3n) is 3.11. The summed E-state index contributed by atoms with van der Waals surface area (Å²) in [7, 11) is 0. The molecule has 3 N–H and O–H groups in total. The van der Waals surface area contributed by atoms with Gasteiger partial charge in [0.25, 0.3) is 0 Å². The molecule has 1 fully saturated rings. The van der Waals surface area contributed by atoms with Gasteiger partial charge in [0, 0.05) is 31.9 Å². The Morgan fingerprint density at radius 1 is 1.33 bits per heavy atom. The van der Waals surface area contributed by atoms with Gasteiger partial charge in [0.15, 0.2) is 0 Å². The van der Waals surface area contributed by atoms with Crippen molar-refractivity contribution in [2.75, 3.05) is 18.0 Å². The normalized spacial score (nSPS) is 23.9. The first-order chi connectivity index (χ1) is 8.56. The number of nitrogens with one attached hydrogen (secondary N) is 1. The molecule has 0 saturated carbocycles. The zero-order valence-electron chi connectivity index (χ0n) is 10.9. The van der Waals surface area contributed by atoms with Gasteiger partial charge in [-0.05, 0) is 11.6 Å². The van der Waals surface area contributed by atoms with Crippen molar-refractivity contribution in [3.8, 4) is 0 Å². The van der Waals surface area contributed by atoms with Gasteiger partial charge in [0.1, 0.15) is 5.82 Å². The van der Waals surface area contributed by atoms with Gasteiger partial charge in [-0.2, -0.15) is 0 Å². The van der Waals surface area contributed by atoms with Crippen LogP contribution in [0.2, 0.25) is 0 Å². The molecule has 0 spiro atoms. The Bertz CT molecular complexity index is 370. The molecule has 2 heterocycles. The molecule has 0 amide bonds. The number of aromatic nitrogens is 1. The fraction of sp³-hybridized carbons (Fsp3) is 0.615. The van der Waals surface area contributed by atoms with E-state index in [0.29, 0.717) is 19.1 Å². The first kappa shape index (κ1) is 13.3. The fourth-order valence-electron chi connectivity index (χ4n) is 1.99. The molecular formula is C13H21N3O2. The van der Waals surface area contributed by atoms with E-state index in [2.05, 4.69) is 24.1 Å². The Kier molecular flexibility index (Phi) is 4.16. The van der Waals surface area contributed by atoms with Crippen LogP contribution in [0.4, 0.5) is 5.82 Å². The molecule has 0 aromatic carbocycles. The molecule has 5 heteroatoms. The summed E-state index contributed by atoms with van der Waals surface area (Å²) in [5.41, 5.74) is 1.13. The minimum atomic E-state index is -0.672. The van der Waals surface area contributed by atoms with Gasteiger partial charge in [-0.3, -0.25) is 0 Å². The molecule has 1 saturated heterocycles. The lowest BCUT2D eigenvalue weighted by atomic mass is 10.2. The first-order valence-corrected chi connectivity index (χ1v) is 6.35. The van der Waals surface area contributed by atoms with Crippen LogP contribution in [-0.4, -0.2) is 46.5 Å². The predicted octanol–water partition coefficient (Wildman–Crippen LogP) is 0.121. The quantitative estimate of drug-likeness (QED) is 0.709. The summed E-state index contributed by atoms with van der Waals surface area (Å²) in [4.78, 5) is 6.27. The van der Waals surface area contributed by atoms with E-state index in [0.717, 1.165) is 17.9 Å². The number of aliphatic hydroxyl groups is 2. The second kappa shape index (κ2) is 5.65. The van der Waals surface area contributed by atoms with Gasteiger partial charge < -0.3 is 20.4 Å². The molecule has 2 atom stereocenters. The van der Waals surface area contributed by atoms with Crippen LogP contribution in [0.15, 0.2) is 18.3 Å². The van der Waals surface area contributed by atoms with Crippen LogP contribution in [0.1, 0.15) is 19.4 Å². The summed E-state index contributed by atoms with van der Waals surface area (Å²) >= 11 is 0. The maximum absolute atomic E-state index is 9.50. The summed E-state index contributed by atoms with van der Waals surface area (Å²) in [6, 6.07) is 4.41. The summed E-state index contributed by atoms with van der Waals surface area (Å²) in [6.07, 6.45) is 0.491. The summed E-state index contributed by atoms with van der Waals surface area (Å²) in [6.45, 7) is 5.90. The van der Waals surface area contributed by atoms with E-state index in [4.69, 9.17) is 0 Å². The Morgan fingerprint density at radius 2 is 2.00 bits per heavy atom. The predicted molar refractivity (Wildman–Crippen MR) is 70.4 cm³/mol. The van der Waals surface area contributed by atoms with E-state index in [9.17, 15) is 10.2 Å². The van der Waals surface area contributed by atoms with Crippen LogP contribution in [0.5, 0.6) is 0 Å². The minimum Gasteiger partial charge on any atom is -0.389 e. The van der Waals surface area contributed by atoms with E-state index >= 15 is 0 Å². The van der Waals surface area contributed by atoms with E-state index in [-0.39, 0.29) is 0 Å². The number of nitrogens with zero attached hydrogens (tertiary/aromatic N) is 2. The number of anilines is 1.